The van der Waals surface area contributed by atoms with Gasteiger partial charge in [-0.25, -0.2) is 0 Å². The summed E-state index contributed by atoms with van der Waals surface area (Å²) in [4.78, 5) is 0. The van der Waals surface area contributed by atoms with Crippen molar-refractivity contribution in [2.45, 2.75) is 25.3 Å². The molecule has 0 fully saturated rings. The molecule has 2 aliphatic carbocycles. The standard InChI is InChI=1S/C66H39NO2S.C2H6/c1-6-22-51-42(14-1)43-15-2-7-23-52(43)66(51)53-24-8-3-17-46(53)63-41(19-11-25-54(63)66)39-31-33-58-50(34-39)64-47(20-12-27-59(64)68-58)55-35-40(38-30-32-45-44-16-4-9-26-57(44)69-60(45)37-38)36-56(67-55)48-21-13-29-62-65(48)49-18-5-10-28-61(49)70-62;1-2/h1-37,56,67H;1-2H3. The van der Waals surface area contributed by atoms with Crippen LogP contribution >= 0.6 is 11.3 Å². The number of rotatable bonds is 4. The first-order valence-electron chi connectivity index (χ1n) is 25.1. The highest BCUT2D eigenvalue weighted by molar-refractivity contribution is 7.25. The third-order valence-electron chi connectivity index (χ3n) is 15.6. The second-order valence-corrected chi connectivity index (χ2v) is 20.1. The van der Waals surface area contributed by atoms with E-state index in [0.29, 0.717) is 0 Å². The SMILES string of the molecule is C1=C(c2ccc3c(c2)oc2ccccc23)C=C(c2cccc3oc4ccc(-c5cccc6c5-c5ccccc5C65c6ccccc6-c6ccccc65)cc4c23)NC1c1cccc2sc3ccccc3c12.CC. The molecule has 0 saturated heterocycles. The molecule has 16 rings (SSSR count). The molecule has 1 unspecified atom stereocenters. The van der Waals surface area contributed by atoms with Gasteiger partial charge in [0.15, 0.2) is 0 Å². The monoisotopic (exact) mass is 939 g/mol. The number of furan rings is 2. The summed E-state index contributed by atoms with van der Waals surface area (Å²) < 4.78 is 15.8. The average Bonchev–Trinajstić information content (AvgIpc) is 4.26. The first kappa shape index (κ1) is 41.1. The highest BCUT2D eigenvalue weighted by Gasteiger charge is 2.52. The van der Waals surface area contributed by atoms with Crippen LogP contribution in [0, 0.1) is 0 Å². The van der Waals surface area contributed by atoms with Crippen LogP contribution in [0.15, 0.2) is 233 Å². The van der Waals surface area contributed by atoms with Crippen molar-refractivity contribution in [2.75, 3.05) is 0 Å². The van der Waals surface area contributed by atoms with Crippen LogP contribution in [-0.4, -0.2) is 0 Å². The lowest BCUT2D eigenvalue weighted by Crippen LogP contribution is -2.25. The zero-order chi connectivity index (χ0) is 47.7. The summed E-state index contributed by atoms with van der Waals surface area (Å²) in [5.74, 6) is 0. The predicted molar refractivity (Wildman–Crippen MR) is 302 cm³/mol. The van der Waals surface area contributed by atoms with E-state index in [1.807, 2.05) is 37.3 Å². The van der Waals surface area contributed by atoms with Crippen LogP contribution in [0.1, 0.15) is 58.8 Å². The molecule has 3 aliphatic rings. The maximum Gasteiger partial charge on any atom is 0.136 e. The summed E-state index contributed by atoms with van der Waals surface area (Å²) >= 11 is 1.86. The van der Waals surface area contributed by atoms with Gasteiger partial charge in [-0.3, -0.25) is 0 Å². The number of dihydropyridines is 1. The van der Waals surface area contributed by atoms with Crippen LogP contribution in [-0.2, 0) is 5.41 Å². The zero-order valence-electron chi connectivity index (χ0n) is 39.7. The van der Waals surface area contributed by atoms with Gasteiger partial charge < -0.3 is 14.2 Å². The Morgan fingerprint density at radius 1 is 0.417 bits per heavy atom. The quantitative estimate of drug-likeness (QED) is 0.191. The van der Waals surface area contributed by atoms with Gasteiger partial charge in [-0.05, 0) is 133 Å². The fourth-order valence-corrected chi connectivity index (χ4v) is 13.8. The van der Waals surface area contributed by atoms with Crippen molar-refractivity contribution < 1.29 is 8.83 Å². The van der Waals surface area contributed by atoms with Crippen molar-refractivity contribution in [1.82, 2.24) is 5.32 Å². The van der Waals surface area contributed by atoms with Gasteiger partial charge in [0.25, 0.3) is 0 Å². The van der Waals surface area contributed by atoms with E-state index < -0.39 is 5.41 Å². The van der Waals surface area contributed by atoms with E-state index in [-0.39, 0.29) is 6.04 Å². The van der Waals surface area contributed by atoms with E-state index >= 15 is 0 Å². The van der Waals surface area contributed by atoms with E-state index in [1.54, 1.807) is 0 Å². The van der Waals surface area contributed by atoms with Crippen LogP contribution in [0.3, 0.4) is 0 Å². The zero-order valence-corrected chi connectivity index (χ0v) is 40.5. The molecule has 3 aromatic heterocycles. The number of benzene rings is 10. The van der Waals surface area contributed by atoms with Crippen molar-refractivity contribution in [2.24, 2.45) is 0 Å². The maximum absolute atomic E-state index is 6.79. The van der Waals surface area contributed by atoms with Gasteiger partial charge in [-0.1, -0.05) is 178 Å². The second kappa shape index (κ2) is 15.7. The van der Waals surface area contributed by atoms with Gasteiger partial charge in [-0.2, -0.15) is 0 Å². The van der Waals surface area contributed by atoms with Crippen LogP contribution < -0.4 is 5.32 Å². The summed E-state index contributed by atoms with van der Waals surface area (Å²) in [6, 6.07) is 77.7. The highest BCUT2D eigenvalue weighted by Crippen LogP contribution is 2.64. The summed E-state index contributed by atoms with van der Waals surface area (Å²) in [6.45, 7) is 4.00. The van der Waals surface area contributed by atoms with Gasteiger partial charge in [-0.15, -0.1) is 11.3 Å². The molecular weight excluding hydrogens is 895 g/mol. The molecule has 1 aliphatic heterocycles. The van der Waals surface area contributed by atoms with Gasteiger partial charge in [0.05, 0.1) is 11.5 Å². The molecule has 0 amide bonds. The van der Waals surface area contributed by atoms with Crippen LogP contribution in [0.25, 0.3) is 109 Å². The summed E-state index contributed by atoms with van der Waals surface area (Å²) in [5.41, 5.74) is 21.7. The number of thiophene rings is 1. The molecule has 1 N–H and O–H groups in total. The molecule has 1 spiro atoms. The van der Waals surface area contributed by atoms with Crippen molar-refractivity contribution in [3.05, 3.63) is 263 Å². The smallest absolute Gasteiger partial charge is 0.136 e. The Labute approximate surface area is 420 Å². The van der Waals surface area contributed by atoms with E-state index in [4.69, 9.17) is 8.83 Å². The fraction of sp³-hybridized carbons (Fsp3) is 0.0588. The van der Waals surface area contributed by atoms with Gasteiger partial charge in [0.2, 0.25) is 0 Å². The van der Waals surface area contributed by atoms with Crippen molar-refractivity contribution in [1.29, 1.82) is 0 Å². The number of nitrogens with one attached hydrogen (secondary N) is 1. The molecule has 1 atom stereocenters. The lowest BCUT2D eigenvalue weighted by Gasteiger charge is -2.30. The summed E-state index contributed by atoms with van der Waals surface area (Å²) in [5, 5.41) is 11.1. The van der Waals surface area contributed by atoms with Gasteiger partial charge >= 0.3 is 0 Å². The number of hydrogen-bond donors (Lipinski definition) is 1. The fourth-order valence-electron chi connectivity index (χ4n) is 12.7. The van der Waals surface area contributed by atoms with Crippen LogP contribution in [0.2, 0.25) is 0 Å². The van der Waals surface area contributed by atoms with E-state index in [1.165, 1.54) is 75.8 Å². The first-order chi connectivity index (χ1) is 35.7. The van der Waals surface area contributed by atoms with Crippen molar-refractivity contribution in [3.8, 4) is 33.4 Å². The van der Waals surface area contributed by atoms with Gasteiger partial charge in [0.1, 0.15) is 22.3 Å². The number of hydrogen-bond acceptors (Lipinski definition) is 4. The second-order valence-electron chi connectivity index (χ2n) is 19.0. The minimum atomic E-state index is -0.412. The molecule has 13 aromatic rings. The molecule has 0 radical (unpaired) electrons. The Hall–Kier alpha value is -8.70. The lowest BCUT2D eigenvalue weighted by atomic mass is 9.70. The first-order valence-corrected chi connectivity index (χ1v) is 25.9. The maximum atomic E-state index is 6.79. The highest BCUT2D eigenvalue weighted by atomic mass is 32.1. The molecule has 0 saturated carbocycles. The number of para-hydroxylation sites is 1. The van der Waals surface area contributed by atoms with Gasteiger partial charge in [0, 0.05) is 53.0 Å². The molecular formula is C68H45NO2S. The Morgan fingerprint density at radius 3 is 1.83 bits per heavy atom. The minimum Gasteiger partial charge on any atom is -0.456 e. The molecule has 4 heteroatoms. The third-order valence-corrected chi connectivity index (χ3v) is 16.7. The van der Waals surface area contributed by atoms with E-state index in [0.717, 1.165) is 71.8 Å². The number of fused-ring (bicyclic) bond motifs is 19. The normalized spacial score (nSPS) is 15.1. The lowest BCUT2D eigenvalue weighted by molar-refractivity contribution is 0.668. The number of allylic oxidation sites excluding steroid dienone is 2. The van der Waals surface area contributed by atoms with Crippen LogP contribution in [0.5, 0.6) is 0 Å². The predicted octanol–water partition coefficient (Wildman–Crippen LogP) is 18.7. The largest absolute Gasteiger partial charge is 0.456 e. The molecule has 4 heterocycles. The average molecular weight is 940 g/mol. The summed E-state index contributed by atoms with van der Waals surface area (Å²) in [6.07, 6.45) is 4.71. The Morgan fingerprint density at radius 2 is 1.00 bits per heavy atom. The minimum absolute atomic E-state index is 0.128. The van der Waals surface area contributed by atoms with Crippen molar-refractivity contribution in [3.63, 3.8) is 0 Å². The van der Waals surface area contributed by atoms with E-state index in [2.05, 4.69) is 218 Å². The third kappa shape index (κ3) is 5.67. The molecule has 340 valence electrons. The molecule has 3 nitrogen and oxygen atoms in total. The van der Waals surface area contributed by atoms with Crippen LogP contribution in [0.4, 0.5) is 0 Å². The topological polar surface area (TPSA) is 38.3 Å². The molecule has 10 aromatic carbocycles. The Balaban J connectivity index is 0.00000229. The summed E-state index contributed by atoms with van der Waals surface area (Å²) in [7, 11) is 0. The molecule has 72 heavy (non-hydrogen) atoms. The van der Waals surface area contributed by atoms with E-state index in [9.17, 15) is 0 Å². The Bertz CT molecular complexity index is 4430. The Kier molecular flexibility index (Phi) is 8.94. The molecule has 0 bridgehead atoms. The van der Waals surface area contributed by atoms with Crippen molar-refractivity contribution >= 4 is 86.7 Å².